The normalized spacial score (nSPS) is 9.96. The van der Waals surface area contributed by atoms with Crippen molar-refractivity contribution >= 4 is 17.5 Å². The number of carbonyl (C=O) groups is 2. The van der Waals surface area contributed by atoms with Crippen molar-refractivity contribution in [2.24, 2.45) is 0 Å². The minimum atomic E-state index is -0.589. The lowest BCUT2D eigenvalue weighted by Crippen LogP contribution is -2.43. The molecule has 2 N–H and O–H groups in total. The first-order chi connectivity index (χ1) is 13.0. The van der Waals surface area contributed by atoms with E-state index >= 15 is 0 Å². The molecule has 9 heteroatoms. The zero-order valence-corrected chi connectivity index (χ0v) is 14.6. The highest BCUT2D eigenvalue weighted by Gasteiger charge is 2.13. The van der Waals surface area contributed by atoms with E-state index in [2.05, 4.69) is 10.9 Å². The van der Waals surface area contributed by atoms with E-state index in [1.165, 1.54) is 24.3 Å². The predicted molar refractivity (Wildman–Crippen MR) is 96.4 cm³/mol. The first-order valence-corrected chi connectivity index (χ1v) is 8.19. The minimum absolute atomic E-state index is 0.0805. The number of hydrogen-bond donors (Lipinski definition) is 2. The minimum Gasteiger partial charge on any atom is -0.493 e. The average molecular weight is 373 g/mol. The maximum atomic E-state index is 12.2. The highest BCUT2D eigenvalue weighted by Crippen LogP contribution is 2.18. The SMILES string of the molecule is CCCOc1ccccc1C(=O)NNC(=O)COc1ccc([N+](=O)[O-])cc1. The summed E-state index contributed by atoms with van der Waals surface area (Å²) in [7, 11) is 0. The Hall–Kier alpha value is -3.62. The number of carbonyl (C=O) groups excluding carboxylic acids is 2. The molecule has 0 bridgehead atoms. The fourth-order valence-corrected chi connectivity index (χ4v) is 2.03. The van der Waals surface area contributed by atoms with E-state index in [1.807, 2.05) is 6.92 Å². The van der Waals surface area contributed by atoms with Crippen LogP contribution in [0.25, 0.3) is 0 Å². The van der Waals surface area contributed by atoms with Gasteiger partial charge < -0.3 is 9.47 Å². The molecule has 0 spiro atoms. The topological polar surface area (TPSA) is 120 Å². The summed E-state index contributed by atoms with van der Waals surface area (Å²) in [5.74, 6) is -0.396. The number of non-ortho nitro benzene ring substituents is 1. The molecule has 0 saturated heterocycles. The molecule has 2 aromatic rings. The summed E-state index contributed by atoms with van der Waals surface area (Å²) in [5, 5.41) is 10.6. The maximum absolute atomic E-state index is 12.2. The second kappa shape index (κ2) is 9.76. The molecule has 0 aliphatic rings. The Morgan fingerprint density at radius 3 is 2.41 bits per heavy atom. The highest BCUT2D eigenvalue weighted by molar-refractivity contribution is 5.97. The lowest BCUT2D eigenvalue weighted by atomic mass is 10.2. The largest absolute Gasteiger partial charge is 0.493 e. The molecule has 0 aliphatic carbocycles. The molecule has 2 rings (SSSR count). The van der Waals surface area contributed by atoms with Crippen LogP contribution in [0.5, 0.6) is 11.5 Å². The number of ether oxygens (including phenoxy) is 2. The molecule has 0 aliphatic heterocycles. The zero-order valence-electron chi connectivity index (χ0n) is 14.6. The average Bonchev–Trinajstić information content (AvgIpc) is 2.69. The van der Waals surface area contributed by atoms with Gasteiger partial charge in [0, 0.05) is 12.1 Å². The molecule has 27 heavy (non-hydrogen) atoms. The van der Waals surface area contributed by atoms with Gasteiger partial charge in [-0.3, -0.25) is 30.6 Å². The number of nitro groups is 1. The van der Waals surface area contributed by atoms with E-state index in [9.17, 15) is 19.7 Å². The third-order valence-electron chi connectivity index (χ3n) is 3.33. The van der Waals surface area contributed by atoms with Crippen LogP contribution in [0.15, 0.2) is 48.5 Å². The highest BCUT2D eigenvalue weighted by atomic mass is 16.6. The molecule has 0 unspecified atom stereocenters. The van der Waals surface area contributed by atoms with Gasteiger partial charge in [0.25, 0.3) is 17.5 Å². The number of benzene rings is 2. The summed E-state index contributed by atoms with van der Waals surface area (Å²) in [5.41, 5.74) is 4.74. The second-order valence-corrected chi connectivity index (χ2v) is 5.39. The quantitative estimate of drug-likeness (QED) is 0.541. The molecule has 0 aromatic heterocycles. The van der Waals surface area contributed by atoms with Gasteiger partial charge in [-0.15, -0.1) is 0 Å². The van der Waals surface area contributed by atoms with E-state index < -0.39 is 16.7 Å². The summed E-state index contributed by atoms with van der Waals surface area (Å²) in [4.78, 5) is 34.0. The van der Waals surface area contributed by atoms with Gasteiger partial charge in [-0.25, -0.2) is 0 Å². The summed E-state index contributed by atoms with van der Waals surface area (Å²) in [6.07, 6.45) is 0.798. The molecule has 0 fully saturated rings. The molecule has 0 saturated carbocycles. The zero-order chi connectivity index (χ0) is 19.6. The second-order valence-electron chi connectivity index (χ2n) is 5.39. The van der Waals surface area contributed by atoms with E-state index in [4.69, 9.17) is 9.47 Å². The van der Waals surface area contributed by atoms with Crippen molar-refractivity contribution in [2.75, 3.05) is 13.2 Å². The van der Waals surface area contributed by atoms with Gasteiger partial charge in [0.15, 0.2) is 6.61 Å². The summed E-state index contributed by atoms with van der Waals surface area (Å²) in [6, 6.07) is 12.0. The van der Waals surface area contributed by atoms with Crippen LogP contribution in [0.3, 0.4) is 0 Å². The van der Waals surface area contributed by atoms with Crippen molar-refractivity contribution in [3.8, 4) is 11.5 Å². The van der Waals surface area contributed by atoms with Crippen molar-refractivity contribution in [1.82, 2.24) is 10.9 Å². The van der Waals surface area contributed by atoms with Gasteiger partial charge in [0.05, 0.1) is 17.1 Å². The predicted octanol–water partition coefficient (Wildman–Crippen LogP) is 2.22. The first-order valence-electron chi connectivity index (χ1n) is 8.19. The molecule has 2 aromatic carbocycles. The molecule has 0 atom stereocenters. The smallest absolute Gasteiger partial charge is 0.276 e. The fraction of sp³-hybridized carbons (Fsp3) is 0.222. The standard InChI is InChI=1S/C18H19N3O6/c1-2-11-26-16-6-4-3-5-15(16)18(23)20-19-17(22)12-27-14-9-7-13(8-10-14)21(24)25/h3-10H,2,11-12H2,1H3,(H,19,22)(H,20,23). The Morgan fingerprint density at radius 2 is 1.74 bits per heavy atom. The molecule has 2 amide bonds. The third kappa shape index (κ3) is 5.99. The van der Waals surface area contributed by atoms with Gasteiger partial charge in [0.2, 0.25) is 0 Å². The molecule has 0 radical (unpaired) electrons. The summed E-state index contributed by atoms with van der Waals surface area (Å²) >= 11 is 0. The van der Waals surface area contributed by atoms with Crippen LogP contribution in [0.2, 0.25) is 0 Å². The lowest BCUT2D eigenvalue weighted by molar-refractivity contribution is -0.384. The molecular formula is C18H19N3O6. The summed E-state index contributed by atoms with van der Waals surface area (Å²) < 4.78 is 10.7. The van der Waals surface area contributed by atoms with Gasteiger partial charge in [-0.05, 0) is 30.7 Å². The van der Waals surface area contributed by atoms with Crippen molar-refractivity contribution in [3.63, 3.8) is 0 Å². The number of nitrogens with one attached hydrogen (secondary N) is 2. The van der Waals surface area contributed by atoms with E-state index in [0.717, 1.165) is 6.42 Å². The fourth-order valence-electron chi connectivity index (χ4n) is 2.03. The van der Waals surface area contributed by atoms with Gasteiger partial charge in [-0.1, -0.05) is 19.1 Å². The van der Waals surface area contributed by atoms with Gasteiger partial charge >= 0.3 is 0 Å². The molecule has 9 nitrogen and oxygen atoms in total. The maximum Gasteiger partial charge on any atom is 0.276 e. The molecular weight excluding hydrogens is 354 g/mol. The monoisotopic (exact) mass is 373 g/mol. The van der Waals surface area contributed by atoms with Crippen LogP contribution in [0, 0.1) is 10.1 Å². The van der Waals surface area contributed by atoms with Crippen molar-refractivity contribution in [2.45, 2.75) is 13.3 Å². The van der Waals surface area contributed by atoms with Crippen molar-refractivity contribution in [3.05, 3.63) is 64.2 Å². The Balaban J connectivity index is 1.83. The Kier molecular flexibility index (Phi) is 7.12. The number of hydrogen-bond acceptors (Lipinski definition) is 6. The Bertz CT molecular complexity index is 807. The number of nitro benzene ring substituents is 1. The molecule has 0 heterocycles. The van der Waals surface area contributed by atoms with E-state index in [-0.39, 0.29) is 12.3 Å². The number of hydrazine groups is 1. The Morgan fingerprint density at radius 1 is 1.04 bits per heavy atom. The van der Waals surface area contributed by atoms with Crippen LogP contribution in [-0.4, -0.2) is 30.0 Å². The van der Waals surface area contributed by atoms with Gasteiger partial charge in [0.1, 0.15) is 11.5 Å². The van der Waals surface area contributed by atoms with Crippen LogP contribution in [-0.2, 0) is 4.79 Å². The van der Waals surface area contributed by atoms with Crippen LogP contribution in [0.4, 0.5) is 5.69 Å². The van der Waals surface area contributed by atoms with E-state index in [1.54, 1.807) is 24.3 Å². The number of amides is 2. The van der Waals surface area contributed by atoms with Crippen molar-refractivity contribution in [1.29, 1.82) is 0 Å². The van der Waals surface area contributed by atoms with E-state index in [0.29, 0.717) is 23.7 Å². The number of nitrogens with zero attached hydrogens (tertiary/aromatic N) is 1. The van der Waals surface area contributed by atoms with Crippen molar-refractivity contribution < 1.29 is 24.0 Å². The first kappa shape index (κ1) is 19.7. The number of rotatable bonds is 8. The summed E-state index contributed by atoms with van der Waals surface area (Å²) in [6.45, 7) is 2.06. The number of para-hydroxylation sites is 1. The van der Waals surface area contributed by atoms with Gasteiger partial charge in [-0.2, -0.15) is 0 Å². The molecule has 142 valence electrons. The Labute approximate surface area is 155 Å². The van der Waals surface area contributed by atoms with Crippen LogP contribution >= 0.6 is 0 Å². The van der Waals surface area contributed by atoms with Crippen LogP contribution < -0.4 is 20.3 Å². The lowest BCUT2D eigenvalue weighted by Gasteiger charge is -2.12. The van der Waals surface area contributed by atoms with Crippen LogP contribution in [0.1, 0.15) is 23.7 Å². The third-order valence-corrected chi connectivity index (χ3v) is 3.33.